The van der Waals surface area contributed by atoms with Gasteiger partial charge in [0.2, 0.25) is 0 Å². The fraction of sp³-hybridized carbons (Fsp3) is 0.375. The van der Waals surface area contributed by atoms with Crippen LogP contribution >= 0.6 is 0 Å². The molecule has 0 saturated carbocycles. The molecule has 0 amide bonds. The second-order valence-corrected chi connectivity index (χ2v) is 4.73. The first kappa shape index (κ1) is 13.8. The molecule has 1 heterocycles. The Kier molecular flexibility index (Phi) is 5.19. The number of ether oxygens (including phenoxy) is 1. The molecular weight excluding hydrogens is 236 g/mol. The Morgan fingerprint density at radius 3 is 2.89 bits per heavy atom. The standard InChI is InChI=1S/C16H22N2O/c1-14-6-3-7-15(12-14)18-10-4-8-16(18)13-17-9-5-11-19-2/h3-4,6-8,10,12,17H,5,9,11,13H2,1-2H3. The van der Waals surface area contributed by atoms with E-state index in [0.29, 0.717) is 0 Å². The monoisotopic (exact) mass is 258 g/mol. The van der Waals surface area contributed by atoms with Gasteiger partial charge in [-0.2, -0.15) is 0 Å². The van der Waals surface area contributed by atoms with Crippen molar-refractivity contribution in [3.8, 4) is 5.69 Å². The summed E-state index contributed by atoms with van der Waals surface area (Å²) in [5.41, 5.74) is 3.78. The van der Waals surface area contributed by atoms with E-state index in [4.69, 9.17) is 4.74 Å². The molecule has 0 atom stereocenters. The maximum Gasteiger partial charge on any atom is 0.0474 e. The number of rotatable bonds is 7. The van der Waals surface area contributed by atoms with Crippen molar-refractivity contribution in [3.63, 3.8) is 0 Å². The molecule has 0 unspecified atom stereocenters. The van der Waals surface area contributed by atoms with Gasteiger partial charge in [0.1, 0.15) is 0 Å². The molecule has 1 aromatic carbocycles. The third-order valence-electron chi connectivity index (χ3n) is 3.12. The summed E-state index contributed by atoms with van der Waals surface area (Å²) in [4.78, 5) is 0. The van der Waals surface area contributed by atoms with Crippen LogP contribution in [0.15, 0.2) is 42.6 Å². The van der Waals surface area contributed by atoms with Crippen LogP contribution in [0.5, 0.6) is 0 Å². The summed E-state index contributed by atoms with van der Waals surface area (Å²) in [6.07, 6.45) is 3.16. The minimum atomic E-state index is 0.811. The second kappa shape index (κ2) is 7.12. The van der Waals surface area contributed by atoms with Gasteiger partial charge in [0, 0.05) is 37.8 Å². The van der Waals surface area contributed by atoms with Crippen molar-refractivity contribution in [2.24, 2.45) is 0 Å². The van der Waals surface area contributed by atoms with Crippen LogP contribution in [0.3, 0.4) is 0 Å². The van der Waals surface area contributed by atoms with E-state index >= 15 is 0 Å². The lowest BCUT2D eigenvalue weighted by Crippen LogP contribution is -2.18. The van der Waals surface area contributed by atoms with Gasteiger partial charge in [-0.05, 0) is 49.7 Å². The molecule has 102 valence electrons. The lowest BCUT2D eigenvalue weighted by Gasteiger charge is -2.11. The molecular formula is C16H22N2O. The van der Waals surface area contributed by atoms with Crippen molar-refractivity contribution in [1.82, 2.24) is 9.88 Å². The number of benzene rings is 1. The molecule has 0 radical (unpaired) electrons. The Morgan fingerprint density at radius 1 is 1.21 bits per heavy atom. The third kappa shape index (κ3) is 3.94. The van der Waals surface area contributed by atoms with E-state index in [1.165, 1.54) is 16.9 Å². The van der Waals surface area contributed by atoms with Gasteiger partial charge in [0.25, 0.3) is 0 Å². The quantitative estimate of drug-likeness (QED) is 0.773. The fourth-order valence-corrected chi connectivity index (χ4v) is 2.15. The van der Waals surface area contributed by atoms with E-state index in [1.54, 1.807) is 7.11 Å². The smallest absolute Gasteiger partial charge is 0.0474 e. The van der Waals surface area contributed by atoms with Gasteiger partial charge in [-0.1, -0.05) is 12.1 Å². The third-order valence-corrected chi connectivity index (χ3v) is 3.12. The molecule has 3 nitrogen and oxygen atoms in total. The Bertz CT molecular complexity index is 505. The molecule has 0 aliphatic heterocycles. The Morgan fingerprint density at radius 2 is 2.11 bits per heavy atom. The van der Waals surface area contributed by atoms with E-state index in [0.717, 1.165) is 26.1 Å². The van der Waals surface area contributed by atoms with Crippen LogP contribution in [0.1, 0.15) is 17.7 Å². The summed E-state index contributed by atoms with van der Waals surface area (Å²) in [6, 6.07) is 12.8. The van der Waals surface area contributed by atoms with Crippen molar-refractivity contribution in [2.45, 2.75) is 19.9 Å². The van der Waals surface area contributed by atoms with Crippen LogP contribution in [0.2, 0.25) is 0 Å². The molecule has 0 fully saturated rings. The highest BCUT2D eigenvalue weighted by Gasteiger charge is 2.02. The van der Waals surface area contributed by atoms with Crippen LogP contribution in [0.4, 0.5) is 0 Å². The molecule has 0 saturated heterocycles. The van der Waals surface area contributed by atoms with Gasteiger partial charge < -0.3 is 14.6 Å². The minimum absolute atomic E-state index is 0.811. The highest BCUT2D eigenvalue weighted by atomic mass is 16.5. The molecule has 1 N–H and O–H groups in total. The highest BCUT2D eigenvalue weighted by Crippen LogP contribution is 2.14. The van der Waals surface area contributed by atoms with Gasteiger partial charge >= 0.3 is 0 Å². The molecule has 3 heteroatoms. The molecule has 0 aliphatic rings. The zero-order valence-corrected chi connectivity index (χ0v) is 11.7. The zero-order chi connectivity index (χ0) is 13.5. The molecule has 1 aromatic heterocycles. The highest BCUT2D eigenvalue weighted by molar-refractivity contribution is 5.37. The minimum Gasteiger partial charge on any atom is -0.385 e. The van der Waals surface area contributed by atoms with Gasteiger partial charge in [-0.25, -0.2) is 0 Å². The van der Waals surface area contributed by atoms with Gasteiger partial charge in [-0.15, -0.1) is 0 Å². The fourth-order valence-electron chi connectivity index (χ4n) is 2.15. The average Bonchev–Trinajstić information content (AvgIpc) is 2.87. The number of aromatic nitrogens is 1. The van der Waals surface area contributed by atoms with Crippen LogP contribution in [0.25, 0.3) is 5.69 Å². The van der Waals surface area contributed by atoms with Gasteiger partial charge in [0.15, 0.2) is 0 Å². The van der Waals surface area contributed by atoms with E-state index in [1.807, 2.05) is 0 Å². The first-order chi connectivity index (χ1) is 9.31. The van der Waals surface area contributed by atoms with Crippen molar-refractivity contribution in [3.05, 3.63) is 53.9 Å². The largest absolute Gasteiger partial charge is 0.385 e. The molecule has 0 bridgehead atoms. The predicted octanol–water partition coefficient (Wildman–Crippen LogP) is 2.91. The number of nitrogens with zero attached hydrogens (tertiary/aromatic N) is 1. The summed E-state index contributed by atoms with van der Waals surface area (Å²) in [5.74, 6) is 0. The SMILES string of the molecule is COCCCNCc1cccn1-c1cccc(C)c1. The molecule has 19 heavy (non-hydrogen) atoms. The number of methoxy groups -OCH3 is 1. The number of aryl methyl sites for hydroxylation is 1. The summed E-state index contributed by atoms with van der Waals surface area (Å²) in [5, 5.41) is 3.45. The van der Waals surface area contributed by atoms with E-state index in [2.05, 4.69) is 59.4 Å². The molecule has 0 spiro atoms. The Labute approximate surface area is 115 Å². The Hall–Kier alpha value is -1.58. The molecule has 0 aliphatic carbocycles. The van der Waals surface area contributed by atoms with Crippen LogP contribution in [-0.4, -0.2) is 24.8 Å². The summed E-state index contributed by atoms with van der Waals surface area (Å²) >= 11 is 0. The van der Waals surface area contributed by atoms with Crippen molar-refractivity contribution >= 4 is 0 Å². The zero-order valence-electron chi connectivity index (χ0n) is 11.7. The van der Waals surface area contributed by atoms with Crippen molar-refractivity contribution in [1.29, 1.82) is 0 Å². The Balaban J connectivity index is 1.98. The van der Waals surface area contributed by atoms with Crippen LogP contribution < -0.4 is 5.32 Å². The van der Waals surface area contributed by atoms with Gasteiger partial charge in [-0.3, -0.25) is 0 Å². The van der Waals surface area contributed by atoms with Gasteiger partial charge in [0.05, 0.1) is 0 Å². The van der Waals surface area contributed by atoms with Crippen molar-refractivity contribution in [2.75, 3.05) is 20.3 Å². The summed E-state index contributed by atoms with van der Waals surface area (Å²) in [7, 11) is 1.74. The number of hydrogen-bond acceptors (Lipinski definition) is 2. The van der Waals surface area contributed by atoms with Crippen molar-refractivity contribution < 1.29 is 4.74 Å². The van der Waals surface area contributed by atoms with Crippen LogP contribution in [0, 0.1) is 6.92 Å². The summed E-state index contributed by atoms with van der Waals surface area (Å²) < 4.78 is 7.27. The predicted molar refractivity (Wildman–Crippen MR) is 78.7 cm³/mol. The van der Waals surface area contributed by atoms with Crippen LogP contribution in [-0.2, 0) is 11.3 Å². The summed E-state index contributed by atoms with van der Waals surface area (Å²) in [6.45, 7) is 4.79. The van der Waals surface area contributed by atoms with E-state index < -0.39 is 0 Å². The van der Waals surface area contributed by atoms with E-state index in [-0.39, 0.29) is 0 Å². The maximum atomic E-state index is 5.04. The molecule has 2 rings (SSSR count). The topological polar surface area (TPSA) is 26.2 Å². The lowest BCUT2D eigenvalue weighted by atomic mass is 10.2. The first-order valence-corrected chi connectivity index (χ1v) is 6.74. The normalized spacial score (nSPS) is 10.8. The first-order valence-electron chi connectivity index (χ1n) is 6.74. The van der Waals surface area contributed by atoms with E-state index in [9.17, 15) is 0 Å². The average molecular weight is 258 g/mol. The number of nitrogens with one attached hydrogen (secondary N) is 1. The lowest BCUT2D eigenvalue weighted by molar-refractivity contribution is 0.194. The number of hydrogen-bond donors (Lipinski definition) is 1. The second-order valence-electron chi connectivity index (χ2n) is 4.73. The maximum absolute atomic E-state index is 5.04. The molecule has 2 aromatic rings.